The maximum absolute atomic E-state index is 11.9. The third-order valence-corrected chi connectivity index (χ3v) is 7.04. The summed E-state index contributed by atoms with van der Waals surface area (Å²) >= 11 is 1.16. The number of nitrogens with two attached hydrogens (primary N) is 1. The molecule has 136 valence electrons. The molecular weight excluding hydrogens is 342 g/mol. The number of hydrogen-bond acceptors (Lipinski definition) is 6. The average molecular weight is 365 g/mol. The van der Waals surface area contributed by atoms with Gasteiger partial charge in [-0.3, -0.25) is 20.3 Å². The van der Waals surface area contributed by atoms with Crippen LogP contribution in [-0.2, 0) is 9.59 Å². The third-order valence-electron chi connectivity index (χ3n) is 5.95. The molecule has 4 amide bonds. The highest BCUT2D eigenvalue weighted by Crippen LogP contribution is 2.64. The van der Waals surface area contributed by atoms with Crippen LogP contribution in [0.15, 0.2) is 16.9 Å². The topological polar surface area (TPSA) is 126 Å². The molecule has 2 aliphatic carbocycles. The van der Waals surface area contributed by atoms with Crippen LogP contribution in [0.1, 0.15) is 40.0 Å². The van der Waals surface area contributed by atoms with Crippen LogP contribution in [0.4, 0.5) is 4.79 Å². The molecular formula is C16H23N5O3S. The normalized spacial score (nSPS) is 34.0. The zero-order valence-electron chi connectivity index (χ0n) is 14.5. The molecule has 0 unspecified atom stereocenters. The number of fused-ring (bicyclic) bond motifs is 2. The fourth-order valence-corrected chi connectivity index (χ4v) is 4.84. The molecule has 0 aromatic heterocycles. The number of amidine groups is 1. The highest BCUT2D eigenvalue weighted by Gasteiger charge is 2.57. The first-order valence-electron chi connectivity index (χ1n) is 8.26. The molecule has 0 spiro atoms. The van der Waals surface area contributed by atoms with Crippen LogP contribution >= 0.6 is 11.8 Å². The monoisotopic (exact) mass is 365 g/mol. The van der Waals surface area contributed by atoms with Crippen LogP contribution in [0.2, 0.25) is 0 Å². The fourth-order valence-electron chi connectivity index (χ4n) is 3.92. The quantitative estimate of drug-likeness (QED) is 0.553. The van der Waals surface area contributed by atoms with E-state index in [1.807, 2.05) is 5.32 Å². The Morgan fingerprint density at radius 2 is 2.16 bits per heavy atom. The molecule has 3 atom stereocenters. The van der Waals surface area contributed by atoms with Gasteiger partial charge in [0.1, 0.15) is 5.25 Å². The van der Waals surface area contributed by atoms with Gasteiger partial charge in [-0.25, -0.2) is 4.79 Å². The van der Waals surface area contributed by atoms with Crippen LogP contribution in [-0.4, -0.2) is 28.3 Å². The Morgan fingerprint density at radius 3 is 2.72 bits per heavy atom. The summed E-state index contributed by atoms with van der Waals surface area (Å²) in [6.07, 6.45) is 4.41. The van der Waals surface area contributed by atoms with E-state index < -0.39 is 17.2 Å². The van der Waals surface area contributed by atoms with Gasteiger partial charge >= 0.3 is 6.03 Å². The van der Waals surface area contributed by atoms with Crippen molar-refractivity contribution in [3.63, 3.8) is 0 Å². The largest absolute Gasteiger partial charge is 0.351 e. The van der Waals surface area contributed by atoms with Crippen molar-refractivity contribution >= 4 is 34.8 Å². The van der Waals surface area contributed by atoms with E-state index in [0.717, 1.165) is 23.9 Å². The van der Waals surface area contributed by atoms with Gasteiger partial charge in [0, 0.05) is 17.5 Å². The van der Waals surface area contributed by atoms with Gasteiger partial charge in [-0.05, 0) is 24.2 Å². The van der Waals surface area contributed by atoms with Gasteiger partial charge in [0.2, 0.25) is 11.8 Å². The Balaban J connectivity index is 1.61. The number of primary amides is 1. The molecule has 8 nitrogen and oxygen atoms in total. The molecule has 25 heavy (non-hydrogen) atoms. The molecule has 0 aromatic rings. The highest BCUT2D eigenvalue weighted by atomic mass is 32.2. The number of hydrazone groups is 1. The number of nitrogens with zero attached hydrogens (tertiary/aromatic N) is 1. The second-order valence-electron chi connectivity index (χ2n) is 7.52. The maximum atomic E-state index is 11.9. The molecule has 2 bridgehead atoms. The summed E-state index contributed by atoms with van der Waals surface area (Å²) in [7, 11) is 0. The summed E-state index contributed by atoms with van der Waals surface area (Å²) < 4.78 is 0. The smallest absolute Gasteiger partial charge is 0.318 e. The summed E-state index contributed by atoms with van der Waals surface area (Å²) in [6.45, 7) is 6.81. The standard InChI is InChI=1S/C16H23N5O3S/c1-15(2)8-4-5-16(15,3)10(6-8)20-21-14-19-12(23)9(25-14)7-11(22)18-13(17)24/h6,8-9,20H,4-5,7H2,1-3H3,(H,19,21,23)(H3,17,18,22,24)/t8-,9-,16+/m0/s1. The molecule has 2 fully saturated rings. The molecule has 3 aliphatic rings. The van der Waals surface area contributed by atoms with Crippen molar-refractivity contribution in [2.75, 3.05) is 0 Å². The lowest BCUT2D eigenvalue weighted by molar-refractivity contribution is -0.124. The minimum Gasteiger partial charge on any atom is -0.351 e. The van der Waals surface area contributed by atoms with Gasteiger partial charge in [-0.2, -0.15) is 5.10 Å². The molecule has 1 saturated heterocycles. The Hall–Kier alpha value is -2.03. The Labute approximate surface area is 150 Å². The fraction of sp³-hybridized carbons (Fsp3) is 0.625. The lowest BCUT2D eigenvalue weighted by Crippen LogP contribution is -2.37. The molecule has 0 aromatic carbocycles. The number of amides is 4. The predicted octanol–water partition coefficient (Wildman–Crippen LogP) is 1.00. The van der Waals surface area contributed by atoms with Crippen molar-refractivity contribution in [3.8, 4) is 0 Å². The number of rotatable bonds is 4. The minimum absolute atomic E-state index is 0.0514. The van der Waals surface area contributed by atoms with Gasteiger partial charge < -0.3 is 11.1 Å². The van der Waals surface area contributed by atoms with Crippen LogP contribution in [0.5, 0.6) is 0 Å². The lowest BCUT2D eigenvalue weighted by atomic mass is 9.69. The van der Waals surface area contributed by atoms with Crippen LogP contribution in [0, 0.1) is 16.7 Å². The van der Waals surface area contributed by atoms with Crippen molar-refractivity contribution in [3.05, 3.63) is 11.8 Å². The van der Waals surface area contributed by atoms with Crippen molar-refractivity contribution in [1.82, 2.24) is 16.1 Å². The van der Waals surface area contributed by atoms with E-state index in [1.54, 1.807) is 0 Å². The highest BCUT2D eigenvalue weighted by molar-refractivity contribution is 8.15. The zero-order chi connectivity index (χ0) is 18.4. The number of urea groups is 1. The molecule has 1 aliphatic heterocycles. The first-order chi connectivity index (χ1) is 11.6. The first kappa shape index (κ1) is 17.8. The van der Waals surface area contributed by atoms with Crippen LogP contribution in [0.3, 0.4) is 0 Å². The Bertz CT molecular complexity index is 702. The average Bonchev–Trinajstić information content (AvgIpc) is 3.01. The summed E-state index contributed by atoms with van der Waals surface area (Å²) in [5.41, 5.74) is 9.34. The van der Waals surface area contributed by atoms with Gasteiger partial charge in [0.05, 0.1) is 0 Å². The maximum Gasteiger partial charge on any atom is 0.318 e. The van der Waals surface area contributed by atoms with E-state index in [1.165, 1.54) is 6.42 Å². The van der Waals surface area contributed by atoms with Crippen LogP contribution < -0.4 is 21.8 Å². The van der Waals surface area contributed by atoms with Crippen molar-refractivity contribution in [2.24, 2.45) is 27.6 Å². The Morgan fingerprint density at radius 1 is 1.44 bits per heavy atom. The summed E-state index contributed by atoms with van der Waals surface area (Å²) in [6, 6.07) is -0.928. The number of thioether (sulfide) groups is 1. The first-order valence-corrected chi connectivity index (χ1v) is 9.14. The summed E-state index contributed by atoms with van der Waals surface area (Å²) in [4.78, 5) is 34.2. The Kier molecular flexibility index (Phi) is 4.30. The van der Waals surface area contributed by atoms with E-state index in [9.17, 15) is 14.4 Å². The SMILES string of the molecule is CC1(C)[C@@H]2C=C(N/N=C3/NC(=O)[C@H](CC(=O)NC(N)=O)S3)[C@@]1(C)CC2. The molecule has 1 heterocycles. The van der Waals surface area contributed by atoms with Gasteiger partial charge in [0.25, 0.3) is 0 Å². The van der Waals surface area contributed by atoms with Crippen molar-refractivity contribution < 1.29 is 14.4 Å². The van der Waals surface area contributed by atoms with Crippen molar-refractivity contribution in [2.45, 2.75) is 45.3 Å². The second-order valence-corrected chi connectivity index (χ2v) is 8.71. The molecule has 9 heteroatoms. The van der Waals surface area contributed by atoms with E-state index in [0.29, 0.717) is 11.1 Å². The number of carbonyl (C=O) groups excluding carboxylic acids is 3. The van der Waals surface area contributed by atoms with Gasteiger partial charge in [0.15, 0.2) is 5.17 Å². The number of nitrogens with one attached hydrogen (secondary N) is 3. The van der Waals surface area contributed by atoms with E-state index in [4.69, 9.17) is 5.73 Å². The van der Waals surface area contributed by atoms with E-state index >= 15 is 0 Å². The molecule has 0 radical (unpaired) electrons. The lowest BCUT2D eigenvalue weighted by Gasteiger charge is -2.36. The number of allylic oxidation sites excluding steroid dienone is 2. The molecule has 3 rings (SSSR count). The zero-order valence-corrected chi connectivity index (χ0v) is 15.3. The van der Waals surface area contributed by atoms with Crippen LogP contribution in [0.25, 0.3) is 0 Å². The second kappa shape index (κ2) is 6.05. The summed E-state index contributed by atoms with van der Waals surface area (Å²) in [5, 5.41) is 8.72. The van der Waals surface area contributed by atoms with E-state index in [2.05, 4.69) is 42.7 Å². The van der Waals surface area contributed by atoms with E-state index in [-0.39, 0.29) is 23.2 Å². The predicted molar refractivity (Wildman–Crippen MR) is 95.1 cm³/mol. The minimum atomic E-state index is -0.928. The molecule has 1 saturated carbocycles. The third kappa shape index (κ3) is 3.01. The van der Waals surface area contributed by atoms with Gasteiger partial charge in [-0.1, -0.05) is 38.6 Å². The number of carbonyl (C=O) groups is 3. The summed E-state index contributed by atoms with van der Waals surface area (Å²) in [5.74, 6) is -0.352. The van der Waals surface area contributed by atoms with Crippen molar-refractivity contribution in [1.29, 1.82) is 0 Å². The number of imide groups is 1. The molecule has 5 N–H and O–H groups in total. The van der Waals surface area contributed by atoms with Gasteiger partial charge in [-0.15, -0.1) is 0 Å². The number of hydrogen-bond donors (Lipinski definition) is 4.